The maximum absolute atomic E-state index is 13.2. The number of hydrogen-bond acceptors (Lipinski definition) is 3. The number of anilines is 1. The van der Waals surface area contributed by atoms with E-state index in [2.05, 4.69) is 10.6 Å². The molecule has 2 fully saturated rings. The summed E-state index contributed by atoms with van der Waals surface area (Å²) in [6.45, 7) is 5.98. The van der Waals surface area contributed by atoms with E-state index in [0.29, 0.717) is 26.2 Å². The van der Waals surface area contributed by atoms with E-state index in [9.17, 15) is 22.8 Å². The molecule has 6 nitrogen and oxygen atoms in total. The van der Waals surface area contributed by atoms with Crippen molar-refractivity contribution in [2.75, 3.05) is 31.5 Å². The molecule has 0 bridgehead atoms. The van der Waals surface area contributed by atoms with Crippen molar-refractivity contribution in [3.63, 3.8) is 0 Å². The number of urea groups is 1. The van der Waals surface area contributed by atoms with Gasteiger partial charge in [-0.25, -0.2) is 4.79 Å². The Morgan fingerprint density at radius 3 is 2.60 bits per heavy atom. The lowest BCUT2D eigenvalue weighted by atomic mass is 9.98. The summed E-state index contributed by atoms with van der Waals surface area (Å²) in [6, 6.07) is 2.26. The van der Waals surface area contributed by atoms with Gasteiger partial charge in [0.2, 0.25) is 5.91 Å². The molecule has 3 amide bonds. The zero-order valence-corrected chi connectivity index (χ0v) is 17.7. The van der Waals surface area contributed by atoms with Gasteiger partial charge in [-0.3, -0.25) is 4.79 Å². The van der Waals surface area contributed by atoms with Gasteiger partial charge in [0, 0.05) is 26.2 Å². The summed E-state index contributed by atoms with van der Waals surface area (Å²) in [5, 5.41) is 5.73. The predicted octanol–water partition coefficient (Wildman–Crippen LogP) is 3.81. The molecule has 0 aliphatic carbocycles. The fraction of sp³-hybridized carbons (Fsp3) is 0.600. The largest absolute Gasteiger partial charge is 0.416 e. The SMILES string of the molecule is CC(C)[C@H](Nc1ccc(C(F)(F)F)cc1Cl)C(=O)N1CCCC(N2CCNC2=O)C1. The minimum absolute atomic E-state index is 0.0346. The third-order valence-electron chi connectivity index (χ3n) is 5.58. The van der Waals surface area contributed by atoms with Gasteiger partial charge in [-0.1, -0.05) is 25.4 Å². The second-order valence-electron chi connectivity index (χ2n) is 8.06. The van der Waals surface area contributed by atoms with E-state index in [1.807, 2.05) is 13.8 Å². The van der Waals surface area contributed by atoms with E-state index in [1.54, 1.807) is 9.80 Å². The van der Waals surface area contributed by atoms with Crippen LogP contribution in [-0.2, 0) is 11.0 Å². The normalized spacial score (nSPS) is 21.0. The first-order valence-electron chi connectivity index (χ1n) is 10.0. The predicted molar refractivity (Wildman–Crippen MR) is 108 cm³/mol. The van der Waals surface area contributed by atoms with E-state index >= 15 is 0 Å². The minimum Gasteiger partial charge on any atom is -0.372 e. The van der Waals surface area contributed by atoms with E-state index in [-0.39, 0.29) is 34.6 Å². The number of piperidine rings is 1. The first-order chi connectivity index (χ1) is 14.1. The quantitative estimate of drug-likeness (QED) is 0.723. The van der Waals surface area contributed by atoms with Crippen LogP contribution >= 0.6 is 11.6 Å². The Morgan fingerprint density at radius 1 is 1.30 bits per heavy atom. The van der Waals surface area contributed by atoms with Crippen molar-refractivity contribution in [3.8, 4) is 0 Å². The molecular formula is C20H26ClF3N4O2. The molecule has 0 saturated carbocycles. The highest BCUT2D eigenvalue weighted by molar-refractivity contribution is 6.33. The number of carbonyl (C=O) groups is 2. The van der Waals surface area contributed by atoms with Crippen molar-refractivity contribution in [3.05, 3.63) is 28.8 Å². The molecule has 0 radical (unpaired) electrons. The second kappa shape index (κ2) is 8.91. The van der Waals surface area contributed by atoms with Gasteiger partial charge in [-0.2, -0.15) is 13.2 Å². The van der Waals surface area contributed by atoms with Crippen molar-refractivity contribution in [1.82, 2.24) is 15.1 Å². The number of amides is 3. The Labute approximate surface area is 178 Å². The highest BCUT2D eigenvalue weighted by atomic mass is 35.5. The molecule has 2 aliphatic rings. The molecule has 2 atom stereocenters. The van der Waals surface area contributed by atoms with Crippen molar-refractivity contribution in [2.45, 2.75) is 44.9 Å². The topological polar surface area (TPSA) is 64.7 Å². The van der Waals surface area contributed by atoms with Crippen molar-refractivity contribution < 1.29 is 22.8 Å². The van der Waals surface area contributed by atoms with Gasteiger partial charge in [0.05, 0.1) is 22.3 Å². The molecule has 2 N–H and O–H groups in total. The number of rotatable bonds is 5. The smallest absolute Gasteiger partial charge is 0.372 e. The Balaban J connectivity index is 1.73. The number of benzene rings is 1. The maximum atomic E-state index is 13.2. The van der Waals surface area contributed by atoms with Crippen LogP contribution in [0.4, 0.5) is 23.7 Å². The van der Waals surface area contributed by atoms with Gasteiger partial charge in [-0.15, -0.1) is 0 Å². The van der Waals surface area contributed by atoms with Crippen LogP contribution in [0.2, 0.25) is 5.02 Å². The van der Waals surface area contributed by atoms with Crippen LogP contribution in [-0.4, -0.2) is 60.0 Å². The zero-order valence-electron chi connectivity index (χ0n) is 16.9. The van der Waals surface area contributed by atoms with Gasteiger partial charge >= 0.3 is 12.2 Å². The minimum atomic E-state index is -4.49. The van der Waals surface area contributed by atoms with E-state index in [4.69, 9.17) is 11.6 Å². The molecule has 0 aromatic heterocycles. The molecule has 2 aliphatic heterocycles. The number of nitrogens with one attached hydrogen (secondary N) is 2. The van der Waals surface area contributed by atoms with Gasteiger partial charge < -0.3 is 20.4 Å². The maximum Gasteiger partial charge on any atom is 0.416 e. The number of hydrogen-bond donors (Lipinski definition) is 2. The molecule has 166 valence electrons. The third-order valence-corrected chi connectivity index (χ3v) is 5.89. The average molecular weight is 447 g/mol. The number of nitrogens with zero attached hydrogens (tertiary/aromatic N) is 2. The van der Waals surface area contributed by atoms with Crippen molar-refractivity contribution in [2.24, 2.45) is 5.92 Å². The Morgan fingerprint density at radius 2 is 2.03 bits per heavy atom. The summed E-state index contributed by atoms with van der Waals surface area (Å²) in [7, 11) is 0. The molecule has 2 heterocycles. The standard InChI is InChI=1S/C20H26ClF3N4O2/c1-12(2)17(26-16-6-5-13(10-15(16)21)20(22,23)24)18(29)27-8-3-4-14(11-27)28-9-7-25-19(28)30/h5-6,10,12,14,17,26H,3-4,7-9,11H2,1-2H3,(H,25,30)/t14?,17-/m0/s1. The first-order valence-corrected chi connectivity index (χ1v) is 10.4. The molecule has 10 heteroatoms. The summed E-state index contributed by atoms with van der Waals surface area (Å²) in [4.78, 5) is 28.7. The molecule has 2 saturated heterocycles. The Bertz CT molecular complexity index is 803. The fourth-order valence-corrected chi connectivity index (χ4v) is 4.17. The monoisotopic (exact) mass is 446 g/mol. The summed E-state index contributed by atoms with van der Waals surface area (Å²) in [5.41, 5.74) is -0.558. The lowest BCUT2D eigenvalue weighted by Crippen LogP contribution is -2.54. The van der Waals surface area contributed by atoms with E-state index in [1.165, 1.54) is 6.07 Å². The van der Waals surface area contributed by atoms with Gasteiger partial charge in [0.15, 0.2) is 0 Å². The number of alkyl halides is 3. The summed E-state index contributed by atoms with van der Waals surface area (Å²) >= 11 is 6.06. The Hall–Kier alpha value is -2.16. The van der Waals surface area contributed by atoms with Crippen molar-refractivity contribution >= 4 is 29.2 Å². The Kier molecular flexibility index (Phi) is 6.69. The molecule has 1 unspecified atom stereocenters. The summed E-state index contributed by atoms with van der Waals surface area (Å²) in [6.07, 6.45) is -2.87. The highest BCUT2D eigenvalue weighted by Gasteiger charge is 2.36. The van der Waals surface area contributed by atoms with Crippen LogP contribution in [0.15, 0.2) is 18.2 Å². The van der Waals surface area contributed by atoms with E-state index < -0.39 is 17.8 Å². The van der Waals surface area contributed by atoms with Crippen LogP contribution in [0.5, 0.6) is 0 Å². The van der Waals surface area contributed by atoms with Gasteiger partial charge in [0.1, 0.15) is 6.04 Å². The zero-order chi connectivity index (χ0) is 22.1. The van der Waals surface area contributed by atoms with Crippen molar-refractivity contribution in [1.29, 1.82) is 0 Å². The van der Waals surface area contributed by atoms with Gasteiger partial charge in [0.25, 0.3) is 0 Å². The summed E-state index contributed by atoms with van der Waals surface area (Å²) in [5.74, 6) is -0.267. The number of likely N-dealkylation sites (tertiary alicyclic amines) is 1. The van der Waals surface area contributed by atoms with Gasteiger partial charge in [-0.05, 0) is 37.0 Å². The molecule has 1 aromatic rings. The molecule has 3 rings (SSSR count). The average Bonchev–Trinajstić information content (AvgIpc) is 3.11. The highest BCUT2D eigenvalue weighted by Crippen LogP contribution is 2.34. The first kappa shape index (κ1) is 22.5. The third kappa shape index (κ3) is 4.94. The second-order valence-corrected chi connectivity index (χ2v) is 8.47. The van der Waals surface area contributed by atoms with Crippen LogP contribution < -0.4 is 10.6 Å². The molecular weight excluding hydrogens is 421 g/mol. The van der Waals surface area contributed by atoms with Crippen LogP contribution in [0.1, 0.15) is 32.3 Å². The number of carbonyl (C=O) groups excluding carboxylic acids is 2. The lowest BCUT2D eigenvalue weighted by molar-refractivity contribution is -0.137. The molecule has 1 aromatic carbocycles. The van der Waals surface area contributed by atoms with Crippen LogP contribution in [0, 0.1) is 5.92 Å². The van der Waals surface area contributed by atoms with E-state index in [0.717, 1.165) is 25.0 Å². The summed E-state index contributed by atoms with van der Waals surface area (Å²) < 4.78 is 38.6. The molecule has 0 spiro atoms. The number of halogens is 4. The van der Waals surface area contributed by atoms with Crippen LogP contribution in [0.25, 0.3) is 0 Å². The van der Waals surface area contributed by atoms with Crippen LogP contribution in [0.3, 0.4) is 0 Å². The lowest BCUT2D eigenvalue weighted by Gasteiger charge is -2.39. The molecule has 30 heavy (non-hydrogen) atoms. The fourth-order valence-electron chi connectivity index (χ4n) is 3.93.